The second-order valence-corrected chi connectivity index (χ2v) is 9.01. The average Bonchev–Trinajstić information content (AvgIpc) is 2.91. The molecular formula is C26H35Cl4FN6O3. The summed E-state index contributed by atoms with van der Waals surface area (Å²) in [6, 6.07) is 10.8. The Morgan fingerprint density at radius 1 is 1.07 bits per heavy atom. The Balaban J connectivity index is 0.00000200. The first-order valence-electron chi connectivity index (χ1n) is 12.3. The largest absolute Gasteiger partial charge is 0.492 e. The van der Waals surface area contributed by atoms with Crippen LogP contribution in [0, 0.1) is 5.82 Å². The van der Waals surface area contributed by atoms with Crippen LogP contribution in [0.15, 0.2) is 53.6 Å². The molecule has 40 heavy (non-hydrogen) atoms. The summed E-state index contributed by atoms with van der Waals surface area (Å²) in [6.45, 7) is 7.32. The van der Waals surface area contributed by atoms with E-state index in [4.69, 9.17) is 9.47 Å². The van der Waals surface area contributed by atoms with Gasteiger partial charge in [-0.25, -0.2) is 9.37 Å². The van der Waals surface area contributed by atoms with Gasteiger partial charge in [-0.2, -0.15) is 0 Å². The van der Waals surface area contributed by atoms with E-state index >= 15 is 0 Å². The molecule has 1 aromatic carbocycles. The first-order valence-corrected chi connectivity index (χ1v) is 12.3. The van der Waals surface area contributed by atoms with Crippen molar-refractivity contribution in [3.8, 4) is 17.0 Å². The van der Waals surface area contributed by atoms with Crippen LogP contribution < -0.4 is 20.5 Å². The lowest BCUT2D eigenvalue weighted by Crippen LogP contribution is -2.44. The second kappa shape index (κ2) is 16.9. The molecule has 4 heterocycles. The SMILES string of the molecule is Cl.Cl.Cl.Cl.Cn1c(N2CCO[C@@H](c3ccc(OCCN4CCNCC4)cc3)C2)nc(-c2ccncc2F)cc1=O. The number of anilines is 1. The van der Waals surface area contributed by atoms with E-state index < -0.39 is 5.82 Å². The van der Waals surface area contributed by atoms with Gasteiger partial charge >= 0.3 is 0 Å². The van der Waals surface area contributed by atoms with Gasteiger partial charge < -0.3 is 19.7 Å². The highest BCUT2D eigenvalue weighted by Gasteiger charge is 2.25. The molecule has 14 heteroatoms. The molecule has 9 nitrogen and oxygen atoms in total. The number of morpholine rings is 1. The monoisotopic (exact) mass is 638 g/mol. The number of piperazine rings is 1. The van der Waals surface area contributed by atoms with Gasteiger partial charge in [0.2, 0.25) is 5.95 Å². The maximum atomic E-state index is 14.3. The van der Waals surface area contributed by atoms with Gasteiger partial charge in [0.05, 0.1) is 25.0 Å². The van der Waals surface area contributed by atoms with Crippen LogP contribution in [-0.4, -0.2) is 78.5 Å². The van der Waals surface area contributed by atoms with E-state index in [0.717, 1.165) is 50.2 Å². The number of aromatic nitrogens is 3. The van der Waals surface area contributed by atoms with E-state index in [1.54, 1.807) is 7.05 Å². The molecule has 1 atom stereocenters. The van der Waals surface area contributed by atoms with Crippen LogP contribution in [-0.2, 0) is 11.8 Å². The predicted molar refractivity (Wildman–Crippen MR) is 164 cm³/mol. The average molecular weight is 640 g/mol. The summed E-state index contributed by atoms with van der Waals surface area (Å²) >= 11 is 0. The van der Waals surface area contributed by atoms with E-state index in [1.807, 2.05) is 29.2 Å². The van der Waals surface area contributed by atoms with Crippen LogP contribution in [0.1, 0.15) is 11.7 Å². The lowest BCUT2D eigenvalue weighted by Gasteiger charge is -2.34. The van der Waals surface area contributed by atoms with Crippen LogP contribution in [0.5, 0.6) is 5.75 Å². The number of nitrogens with one attached hydrogen (secondary N) is 1. The Kier molecular flexibility index (Phi) is 15.2. The molecule has 2 aromatic heterocycles. The lowest BCUT2D eigenvalue weighted by atomic mass is 10.1. The zero-order valence-corrected chi connectivity index (χ0v) is 25.3. The Labute approximate surface area is 258 Å². The molecule has 0 amide bonds. The summed E-state index contributed by atoms with van der Waals surface area (Å²) in [5.74, 6) is 0.798. The Hall–Kier alpha value is -2.18. The van der Waals surface area contributed by atoms with Gasteiger partial charge in [-0.1, -0.05) is 12.1 Å². The number of pyridine rings is 1. The Morgan fingerprint density at radius 2 is 1.80 bits per heavy atom. The summed E-state index contributed by atoms with van der Waals surface area (Å²) in [6.07, 6.45) is 2.42. The fourth-order valence-corrected chi connectivity index (χ4v) is 4.57. The molecule has 3 aromatic rings. The zero-order valence-electron chi connectivity index (χ0n) is 22.0. The third-order valence-electron chi connectivity index (χ3n) is 6.65. The first kappa shape index (κ1) is 35.8. The smallest absolute Gasteiger partial charge is 0.255 e. The second-order valence-electron chi connectivity index (χ2n) is 9.01. The molecule has 2 aliphatic rings. The number of rotatable bonds is 7. The number of hydrogen-bond donors (Lipinski definition) is 1. The molecular weight excluding hydrogens is 605 g/mol. The molecule has 0 unspecified atom stereocenters. The molecule has 0 aliphatic carbocycles. The van der Waals surface area contributed by atoms with Crippen molar-refractivity contribution < 1.29 is 13.9 Å². The van der Waals surface area contributed by atoms with Gasteiger partial charge in [-0.3, -0.25) is 19.2 Å². The first-order chi connectivity index (χ1) is 17.6. The van der Waals surface area contributed by atoms with Crippen molar-refractivity contribution in [3.63, 3.8) is 0 Å². The van der Waals surface area contributed by atoms with Gasteiger partial charge in [0, 0.05) is 64.1 Å². The van der Waals surface area contributed by atoms with E-state index in [-0.39, 0.29) is 66.9 Å². The fourth-order valence-electron chi connectivity index (χ4n) is 4.57. The van der Waals surface area contributed by atoms with E-state index in [9.17, 15) is 9.18 Å². The van der Waals surface area contributed by atoms with Crippen molar-refractivity contribution in [2.75, 3.05) is 63.9 Å². The molecule has 2 fully saturated rings. The number of ether oxygens (including phenoxy) is 2. The number of nitrogens with zero attached hydrogens (tertiary/aromatic N) is 5. The van der Waals surface area contributed by atoms with Crippen molar-refractivity contribution in [1.29, 1.82) is 0 Å². The molecule has 1 N–H and O–H groups in total. The van der Waals surface area contributed by atoms with Crippen molar-refractivity contribution in [3.05, 3.63) is 70.5 Å². The minimum atomic E-state index is -0.515. The minimum absolute atomic E-state index is 0. The van der Waals surface area contributed by atoms with Crippen molar-refractivity contribution in [1.82, 2.24) is 24.8 Å². The maximum absolute atomic E-state index is 14.3. The van der Waals surface area contributed by atoms with E-state index in [0.29, 0.717) is 37.9 Å². The molecule has 222 valence electrons. The molecule has 2 aliphatic heterocycles. The van der Waals surface area contributed by atoms with Crippen LogP contribution in [0.3, 0.4) is 0 Å². The summed E-state index contributed by atoms with van der Waals surface area (Å²) in [7, 11) is 1.67. The highest BCUT2D eigenvalue weighted by molar-refractivity contribution is 5.86. The lowest BCUT2D eigenvalue weighted by molar-refractivity contribution is 0.0389. The molecule has 5 rings (SSSR count). The number of hydrogen-bond acceptors (Lipinski definition) is 8. The van der Waals surface area contributed by atoms with Crippen molar-refractivity contribution >= 4 is 55.6 Å². The van der Waals surface area contributed by atoms with Crippen molar-refractivity contribution in [2.45, 2.75) is 6.10 Å². The third-order valence-corrected chi connectivity index (χ3v) is 6.65. The van der Waals surface area contributed by atoms with E-state index in [2.05, 4.69) is 20.2 Å². The highest BCUT2D eigenvalue weighted by Crippen LogP contribution is 2.27. The molecule has 0 spiro atoms. The summed E-state index contributed by atoms with van der Waals surface area (Å²) < 4.78 is 27.8. The van der Waals surface area contributed by atoms with Crippen LogP contribution in [0.4, 0.5) is 10.3 Å². The summed E-state index contributed by atoms with van der Waals surface area (Å²) in [5.41, 5.74) is 1.31. The standard InChI is InChI=1S/C26H31FN6O3.4ClH/c1-31-25(34)16-23(21-6-7-29-17-22(21)27)30-26(31)33-13-15-36-24(18-33)19-2-4-20(5-3-19)35-14-12-32-10-8-28-9-11-32;;;;/h2-7,16-17,24,28H,8-15,18H2,1H3;4*1H/t24-;;;;/m1..../s1. The van der Waals surface area contributed by atoms with E-state index in [1.165, 1.54) is 22.9 Å². The van der Waals surface area contributed by atoms with Gasteiger partial charge in [0.25, 0.3) is 5.56 Å². The molecule has 0 saturated carbocycles. The van der Waals surface area contributed by atoms with Gasteiger partial charge in [-0.05, 0) is 23.8 Å². The minimum Gasteiger partial charge on any atom is -0.492 e. The van der Waals surface area contributed by atoms with Crippen LogP contribution >= 0.6 is 49.6 Å². The molecule has 0 radical (unpaired) electrons. The number of benzene rings is 1. The Bertz CT molecular complexity index is 1250. The highest BCUT2D eigenvalue weighted by atomic mass is 35.5. The van der Waals surface area contributed by atoms with Gasteiger partial charge in [0.1, 0.15) is 18.5 Å². The zero-order chi connectivity index (χ0) is 24.9. The van der Waals surface area contributed by atoms with Crippen molar-refractivity contribution in [2.24, 2.45) is 7.05 Å². The Morgan fingerprint density at radius 3 is 2.50 bits per heavy atom. The molecule has 2 saturated heterocycles. The van der Waals surface area contributed by atoms with Crippen LogP contribution in [0.2, 0.25) is 0 Å². The summed E-state index contributed by atoms with van der Waals surface area (Å²) in [4.78, 5) is 25.5. The third kappa shape index (κ3) is 8.66. The topological polar surface area (TPSA) is 84.8 Å². The predicted octanol–water partition coefficient (Wildman–Crippen LogP) is 3.53. The quantitative estimate of drug-likeness (QED) is 0.421. The molecule has 0 bridgehead atoms. The van der Waals surface area contributed by atoms with Gasteiger partial charge in [-0.15, -0.1) is 49.6 Å². The summed E-state index contributed by atoms with van der Waals surface area (Å²) in [5, 5.41) is 3.36. The fraction of sp³-hybridized carbons (Fsp3) is 0.423. The normalized spacial score (nSPS) is 16.9. The van der Waals surface area contributed by atoms with Crippen LogP contribution in [0.25, 0.3) is 11.3 Å². The number of halogens is 5. The maximum Gasteiger partial charge on any atom is 0.255 e. The van der Waals surface area contributed by atoms with Gasteiger partial charge in [0.15, 0.2) is 5.82 Å².